The Labute approximate surface area is 126 Å². The molecule has 1 fully saturated rings. The third-order valence-electron chi connectivity index (χ3n) is 3.61. The fourth-order valence-corrected chi connectivity index (χ4v) is 3.05. The molecule has 2 rings (SSSR count). The van der Waals surface area contributed by atoms with Crippen molar-refractivity contribution >= 4 is 11.7 Å². The van der Waals surface area contributed by atoms with Gasteiger partial charge in [0.15, 0.2) is 0 Å². The first-order valence-corrected chi connectivity index (χ1v) is 7.18. The molecule has 0 spiro atoms. The molecule has 1 unspecified atom stereocenters. The number of methoxy groups -OCH3 is 1. The molecule has 1 aromatic carbocycles. The normalized spacial score (nSPS) is 22.0. The van der Waals surface area contributed by atoms with Gasteiger partial charge in [-0.25, -0.2) is 4.79 Å². The van der Waals surface area contributed by atoms with Gasteiger partial charge in [-0.2, -0.15) is 0 Å². The smallest absolute Gasteiger partial charge is 0.340 e. The number of ether oxygens (including phenoxy) is 2. The molecule has 0 saturated carbocycles. The fraction of sp³-hybridized carbons (Fsp3) is 0.562. The van der Waals surface area contributed by atoms with Crippen LogP contribution in [0.25, 0.3) is 0 Å². The van der Waals surface area contributed by atoms with E-state index < -0.39 is 0 Å². The lowest BCUT2D eigenvalue weighted by Gasteiger charge is -2.42. The van der Waals surface area contributed by atoms with E-state index in [2.05, 4.69) is 25.7 Å². The molecule has 0 bridgehead atoms. The third-order valence-corrected chi connectivity index (χ3v) is 3.61. The molecule has 21 heavy (non-hydrogen) atoms. The van der Waals surface area contributed by atoms with Crippen molar-refractivity contribution in [3.05, 3.63) is 29.3 Å². The lowest BCUT2D eigenvalue weighted by Crippen LogP contribution is -2.51. The number of carbonyl (C=O) groups is 1. The van der Waals surface area contributed by atoms with Gasteiger partial charge in [0.1, 0.15) is 0 Å². The second-order valence-corrected chi connectivity index (χ2v) is 6.23. The second-order valence-electron chi connectivity index (χ2n) is 6.23. The maximum Gasteiger partial charge on any atom is 0.340 e. The largest absolute Gasteiger partial charge is 0.465 e. The number of benzene rings is 1. The molecule has 1 saturated heterocycles. The van der Waals surface area contributed by atoms with E-state index in [0.29, 0.717) is 17.8 Å². The van der Waals surface area contributed by atoms with Gasteiger partial charge in [-0.1, -0.05) is 12.1 Å². The average molecular weight is 292 g/mol. The van der Waals surface area contributed by atoms with Crippen molar-refractivity contribution in [3.63, 3.8) is 0 Å². The fourth-order valence-electron chi connectivity index (χ4n) is 3.05. The number of esters is 1. The molecule has 116 valence electrons. The molecule has 5 heteroatoms. The number of rotatable bonds is 3. The van der Waals surface area contributed by atoms with E-state index in [-0.39, 0.29) is 17.7 Å². The van der Waals surface area contributed by atoms with Crippen LogP contribution >= 0.6 is 0 Å². The maximum absolute atomic E-state index is 11.9. The summed E-state index contributed by atoms with van der Waals surface area (Å²) in [6.07, 6.45) is 0.163. The Morgan fingerprint density at radius 3 is 2.86 bits per heavy atom. The highest BCUT2D eigenvalue weighted by Gasteiger charge is 2.31. The summed E-state index contributed by atoms with van der Waals surface area (Å²) in [4.78, 5) is 14.2. The molecule has 0 amide bonds. The lowest BCUT2D eigenvalue weighted by molar-refractivity contribution is -0.130. The quantitative estimate of drug-likeness (QED) is 0.682. The number of morpholine rings is 1. The minimum atomic E-state index is -0.385. The van der Waals surface area contributed by atoms with E-state index in [1.165, 1.54) is 7.11 Å². The van der Waals surface area contributed by atoms with Crippen LogP contribution in [0, 0.1) is 0 Å². The summed E-state index contributed by atoms with van der Waals surface area (Å²) in [7, 11) is 1.37. The number of nitrogen functional groups attached to an aromatic ring is 1. The molecule has 0 aliphatic carbocycles. The van der Waals surface area contributed by atoms with Crippen LogP contribution in [0.15, 0.2) is 18.2 Å². The van der Waals surface area contributed by atoms with Crippen molar-refractivity contribution < 1.29 is 14.3 Å². The van der Waals surface area contributed by atoms with E-state index in [0.717, 1.165) is 18.7 Å². The Morgan fingerprint density at radius 2 is 2.24 bits per heavy atom. The Hall–Kier alpha value is -1.59. The van der Waals surface area contributed by atoms with Crippen LogP contribution in [0.3, 0.4) is 0 Å². The van der Waals surface area contributed by atoms with Crippen molar-refractivity contribution in [2.24, 2.45) is 0 Å². The summed E-state index contributed by atoms with van der Waals surface area (Å²) >= 11 is 0. The van der Waals surface area contributed by atoms with Crippen molar-refractivity contribution in [1.29, 1.82) is 0 Å². The molecule has 5 nitrogen and oxygen atoms in total. The lowest BCUT2D eigenvalue weighted by atomic mass is 10.0. The van der Waals surface area contributed by atoms with E-state index in [4.69, 9.17) is 15.2 Å². The highest BCUT2D eigenvalue weighted by atomic mass is 16.5. The standard InChI is InChI=1S/C16H24N2O3/c1-11-8-18(10-16(2,3)21-11)9-12-6-5-7-13(17)14(12)15(19)20-4/h5-7,11H,8-10,17H2,1-4H3. The highest BCUT2D eigenvalue weighted by molar-refractivity contribution is 5.96. The summed E-state index contributed by atoms with van der Waals surface area (Å²) in [6.45, 7) is 8.53. The second kappa shape index (κ2) is 6.03. The van der Waals surface area contributed by atoms with Crippen molar-refractivity contribution in [3.8, 4) is 0 Å². The van der Waals surface area contributed by atoms with E-state index in [1.807, 2.05) is 12.1 Å². The van der Waals surface area contributed by atoms with Gasteiger partial charge in [0.2, 0.25) is 0 Å². The number of nitrogens with zero attached hydrogens (tertiary/aromatic N) is 1. The van der Waals surface area contributed by atoms with Gasteiger partial charge < -0.3 is 15.2 Å². The van der Waals surface area contributed by atoms with Crippen LogP contribution in [-0.2, 0) is 16.0 Å². The minimum absolute atomic E-state index is 0.163. The first-order valence-electron chi connectivity index (χ1n) is 7.18. The Kier molecular flexibility index (Phi) is 4.54. The summed E-state index contributed by atoms with van der Waals surface area (Å²) in [5.41, 5.74) is 7.57. The summed E-state index contributed by atoms with van der Waals surface area (Å²) in [5, 5.41) is 0. The number of anilines is 1. The van der Waals surface area contributed by atoms with Crippen LogP contribution < -0.4 is 5.73 Å². The first-order chi connectivity index (χ1) is 9.82. The van der Waals surface area contributed by atoms with E-state index in [9.17, 15) is 4.79 Å². The van der Waals surface area contributed by atoms with Crippen LogP contribution in [0.1, 0.15) is 36.7 Å². The zero-order chi connectivity index (χ0) is 15.6. The first kappa shape index (κ1) is 15.8. The highest BCUT2D eigenvalue weighted by Crippen LogP contribution is 2.25. The molecular weight excluding hydrogens is 268 g/mol. The molecule has 2 N–H and O–H groups in total. The van der Waals surface area contributed by atoms with Gasteiger partial charge in [-0.05, 0) is 32.4 Å². The summed E-state index contributed by atoms with van der Waals surface area (Å²) < 4.78 is 10.8. The molecule has 1 heterocycles. The molecule has 1 aromatic rings. The van der Waals surface area contributed by atoms with Gasteiger partial charge in [-0.3, -0.25) is 4.90 Å². The molecule has 1 aliphatic heterocycles. The van der Waals surface area contributed by atoms with Crippen LogP contribution in [0.5, 0.6) is 0 Å². The average Bonchev–Trinajstić information content (AvgIpc) is 2.35. The van der Waals surface area contributed by atoms with Gasteiger partial charge in [0, 0.05) is 25.3 Å². The minimum Gasteiger partial charge on any atom is -0.465 e. The zero-order valence-electron chi connectivity index (χ0n) is 13.2. The van der Waals surface area contributed by atoms with E-state index >= 15 is 0 Å². The van der Waals surface area contributed by atoms with Gasteiger partial charge in [0.05, 0.1) is 24.4 Å². The zero-order valence-corrected chi connectivity index (χ0v) is 13.2. The summed E-state index contributed by atoms with van der Waals surface area (Å²) in [6, 6.07) is 5.52. The van der Waals surface area contributed by atoms with Crippen LogP contribution in [0.4, 0.5) is 5.69 Å². The topological polar surface area (TPSA) is 64.8 Å². The Bertz CT molecular complexity index is 528. The number of hydrogen-bond donors (Lipinski definition) is 1. The van der Waals surface area contributed by atoms with Crippen LogP contribution in [-0.4, -0.2) is 42.8 Å². The Balaban J connectivity index is 2.23. The SMILES string of the molecule is COC(=O)c1c(N)cccc1CN1CC(C)OC(C)(C)C1. The Morgan fingerprint density at radius 1 is 1.52 bits per heavy atom. The van der Waals surface area contributed by atoms with Crippen LogP contribution in [0.2, 0.25) is 0 Å². The van der Waals surface area contributed by atoms with Crippen molar-refractivity contribution in [1.82, 2.24) is 4.90 Å². The molecule has 0 radical (unpaired) electrons. The molecule has 1 atom stereocenters. The predicted octanol–water partition coefficient (Wildman–Crippen LogP) is 2.05. The summed E-state index contributed by atoms with van der Waals surface area (Å²) in [5.74, 6) is -0.385. The molecule has 1 aliphatic rings. The monoisotopic (exact) mass is 292 g/mol. The third kappa shape index (κ3) is 3.74. The van der Waals surface area contributed by atoms with Gasteiger partial charge in [0.25, 0.3) is 0 Å². The van der Waals surface area contributed by atoms with Crippen molar-refractivity contribution in [2.75, 3.05) is 25.9 Å². The van der Waals surface area contributed by atoms with Gasteiger partial charge >= 0.3 is 5.97 Å². The number of nitrogens with two attached hydrogens (primary N) is 1. The molecular formula is C16H24N2O3. The van der Waals surface area contributed by atoms with E-state index in [1.54, 1.807) is 6.07 Å². The number of hydrogen-bond acceptors (Lipinski definition) is 5. The number of carbonyl (C=O) groups excluding carboxylic acids is 1. The van der Waals surface area contributed by atoms with Crippen molar-refractivity contribution in [2.45, 2.75) is 39.0 Å². The molecule has 0 aromatic heterocycles. The van der Waals surface area contributed by atoms with Gasteiger partial charge in [-0.15, -0.1) is 0 Å². The maximum atomic E-state index is 11.9. The predicted molar refractivity (Wildman–Crippen MR) is 82.1 cm³/mol.